The highest BCUT2D eigenvalue weighted by molar-refractivity contribution is 5.12. The molecule has 0 fully saturated rings. The number of nitrogen functional groups attached to an aromatic ring is 1. The minimum atomic E-state index is 0.0754. The van der Waals surface area contributed by atoms with Crippen molar-refractivity contribution in [1.29, 1.82) is 0 Å². The second-order valence-corrected chi connectivity index (χ2v) is 1.65. The van der Waals surface area contributed by atoms with E-state index in [1.165, 1.54) is 6.26 Å². The quantitative estimate of drug-likeness (QED) is 0.578. The first-order valence-electron chi connectivity index (χ1n) is 2.63. The van der Waals surface area contributed by atoms with Gasteiger partial charge in [-0.1, -0.05) is 0 Å². The molecule has 0 aromatic carbocycles. The van der Waals surface area contributed by atoms with E-state index in [0.717, 1.165) is 0 Å². The lowest BCUT2D eigenvalue weighted by Crippen LogP contribution is -1.91. The largest absolute Gasteiger partial charge is 0.432 e. The van der Waals surface area contributed by atoms with Gasteiger partial charge in [-0.2, -0.15) is 4.98 Å². The molecule has 1 rings (SSSR count). The van der Waals surface area contributed by atoms with Crippen LogP contribution in [-0.4, -0.2) is 16.7 Å². The molecule has 0 aliphatic carbocycles. The smallest absolute Gasteiger partial charge is 0.292 e. The molecular formula is C5H8N2O2. The first-order valence-corrected chi connectivity index (χ1v) is 2.63. The molecule has 0 radical (unpaired) electrons. The molecule has 4 heteroatoms. The molecule has 1 aromatic rings. The van der Waals surface area contributed by atoms with Gasteiger partial charge in [-0.25, -0.2) is 0 Å². The van der Waals surface area contributed by atoms with Crippen molar-refractivity contribution in [3.63, 3.8) is 0 Å². The van der Waals surface area contributed by atoms with Crippen molar-refractivity contribution in [3.05, 3.63) is 12.0 Å². The summed E-state index contributed by atoms with van der Waals surface area (Å²) in [5, 5.41) is 8.41. The molecule has 0 atom stereocenters. The molecule has 1 heterocycles. The van der Waals surface area contributed by atoms with Gasteiger partial charge < -0.3 is 15.3 Å². The van der Waals surface area contributed by atoms with Gasteiger partial charge in [0.2, 0.25) is 0 Å². The number of nitrogens with two attached hydrogens (primary N) is 1. The number of hydrogen-bond acceptors (Lipinski definition) is 4. The molecule has 1 aromatic heterocycles. The molecule has 0 saturated carbocycles. The summed E-state index contributed by atoms with van der Waals surface area (Å²) in [6.45, 7) is 0.0754. The number of hydrogen-bond donors (Lipinski definition) is 2. The predicted molar refractivity (Wildman–Crippen MR) is 31.7 cm³/mol. The Balaban J connectivity index is 2.61. The molecule has 0 aliphatic rings. The van der Waals surface area contributed by atoms with Gasteiger partial charge in [0.1, 0.15) is 6.26 Å². The molecule has 0 amide bonds. The van der Waals surface area contributed by atoms with Crippen molar-refractivity contribution < 1.29 is 9.52 Å². The zero-order valence-electron chi connectivity index (χ0n) is 4.87. The Morgan fingerprint density at radius 2 is 2.56 bits per heavy atom. The number of aliphatic hydroxyl groups excluding tert-OH is 1. The van der Waals surface area contributed by atoms with Gasteiger partial charge in [0.25, 0.3) is 6.01 Å². The van der Waals surface area contributed by atoms with Crippen molar-refractivity contribution in [3.8, 4) is 0 Å². The molecule has 9 heavy (non-hydrogen) atoms. The lowest BCUT2D eigenvalue weighted by atomic mass is 10.4. The van der Waals surface area contributed by atoms with Crippen LogP contribution in [0.5, 0.6) is 0 Å². The van der Waals surface area contributed by atoms with Gasteiger partial charge in [-0.05, 0) is 0 Å². The van der Waals surface area contributed by atoms with E-state index in [1.54, 1.807) is 0 Å². The number of rotatable bonds is 2. The third-order valence-electron chi connectivity index (χ3n) is 0.937. The van der Waals surface area contributed by atoms with E-state index in [0.29, 0.717) is 12.1 Å². The molecule has 4 nitrogen and oxygen atoms in total. The van der Waals surface area contributed by atoms with Crippen LogP contribution in [-0.2, 0) is 6.42 Å². The SMILES string of the molecule is Nc1nc(CCO)co1. The maximum atomic E-state index is 8.41. The predicted octanol–water partition coefficient (Wildman–Crippen LogP) is -0.208. The highest BCUT2D eigenvalue weighted by Crippen LogP contribution is 2.02. The monoisotopic (exact) mass is 128 g/mol. The number of aromatic nitrogens is 1. The van der Waals surface area contributed by atoms with Crippen LogP contribution >= 0.6 is 0 Å². The third-order valence-corrected chi connectivity index (χ3v) is 0.937. The number of anilines is 1. The van der Waals surface area contributed by atoms with Crippen LogP contribution in [0.25, 0.3) is 0 Å². The highest BCUT2D eigenvalue weighted by Gasteiger charge is 1.96. The van der Waals surface area contributed by atoms with Gasteiger partial charge >= 0.3 is 0 Å². The van der Waals surface area contributed by atoms with Crippen molar-refractivity contribution in [2.24, 2.45) is 0 Å². The summed E-state index contributed by atoms with van der Waals surface area (Å²) in [6, 6.07) is 0.151. The first-order chi connectivity index (χ1) is 4.33. The fourth-order valence-electron chi connectivity index (χ4n) is 0.552. The fraction of sp³-hybridized carbons (Fsp3) is 0.400. The highest BCUT2D eigenvalue weighted by atomic mass is 16.4. The van der Waals surface area contributed by atoms with Crippen molar-refractivity contribution in [2.45, 2.75) is 6.42 Å². The Hall–Kier alpha value is -1.03. The van der Waals surface area contributed by atoms with Crippen molar-refractivity contribution in [1.82, 2.24) is 4.98 Å². The zero-order valence-corrected chi connectivity index (χ0v) is 4.87. The normalized spacial score (nSPS) is 9.89. The minimum absolute atomic E-state index is 0.0754. The summed E-state index contributed by atoms with van der Waals surface area (Å²) in [5.41, 5.74) is 5.84. The molecule has 50 valence electrons. The lowest BCUT2D eigenvalue weighted by molar-refractivity contribution is 0.298. The number of oxazole rings is 1. The second-order valence-electron chi connectivity index (χ2n) is 1.65. The summed E-state index contributed by atoms with van der Waals surface area (Å²) < 4.78 is 4.67. The number of nitrogens with zero attached hydrogens (tertiary/aromatic N) is 1. The van der Waals surface area contributed by atoms with E-state index in [1.807, 2.05) is 0 Å². The van der Waals surface area contributed by atoms with Gasteiger partial charge in [-0.3, -0.25) is 0 Å². The van der Waals surface area contributed by atoms with Crippen LogP contribution in [0.15, 0.2) is 10.7 Å². The molecule has 3 N–H and O–H groups in total. The molecule has 0 aliphatic heterocycles. The van der Waals surface area contributed by atoms with E-state index >= 15 is 0 Å². The first kappa shape index (κ1) is 6.10. The van der Waals surface area contributed by atoms with Crippen LogP contribution in [0.3, 0.4) is 0 Å². The fourth-order valence-corrected chi connectivity index (χ4v) is 0.552. The van der Waals surface area contributed by atoms with Crippen LogP contribution < -0.4 is 5.73 Å². The summed E-state index contributed by atoms with van der Waals surface area (Å²) in [7, 11) is 0. The maximum Gasteiger partial charge on any atom is 0.292 e. The van der Waals surface area contributed by atoms with E-state index in [9.17, 15) is 0 Å². The van der Waals surface area contributed by atoms with E-state index in [2.05, 4.69) is 9.40 Å². The van der Waals surface area contributed by atoms with E-state index in [4.69, 9.17) is 10.8 Å². The second kappa shape index (κ2) is 2.50. The Labute approximate surface area is 52.3 Å². The van der Waals surface area contributed by atoms with Crippen LogP contribution in [0.2, 0.25) is 0 Å². The maximum absolute atomic E-state index is 8.41. The van der Waals surface area contributed by atoms with Crippen molar-refractivity contribution >= 4 is 6.01 Å². The third kappa shape index (κ3) is 1.43. The van der Waals surface area contributed by atoms with Gasteiger partial charge in [0.15, 0.2) is 0 Å². The Morgan fingerprint density at radius 1 is 1.78 bits per heavy atom. The van der Waals surface area contributed by atoms with Crippen LogP contribution in [0.4, 0.5) is 6.01 Å². The average molecular weight is 128 g/mol. The zero-order chi connectivity index (χ0) is 6.69. The van der Waals surface area contributed by atoms with Crippen molar-refractivity contribution in [2.75, 3.05) is 12.3 Å². The Kier molecular flexibility index (Phi) is 1.69. The topological polar surface area (TPSA) is 72.3 Å². The van der Waals surface area contributed by atoms with E-state index in [-0.39, 0.29) is 12.6 Å². The minimum Gasteiger partial charge on any atom is -0.432 e. The van der Waals surface area contributed by atoms with Crippen LogP contribution in [0, 0.1) is 0 Å². The molecule has 0 saturated heterocycles. The summed E-state index contributed by atoms with van der Waals surface area (Å²) >= 11 is 0. The molecular weight excluding hydrogens is 120 g/mol. The van der Waals surface area contributed by atoms with Gasteiger partial charge in [0.05, 0.1) is 5.69 Å². The Morgan fingerprint density at radius 3 is 3.00 bits per heavy atom. The van der Waals surface area contributed by atoms with Gasteiger partial charge in [-0.15, -0.1) is 0 Å². The van der Waals surface area contributed by atoms with E-state index < -0.39 is 0 Å². The summed E-state index contributed by atoms with van der Waals surface area (Å²) in [6.07, 6.45) is 1.94. The lowest BCUT2D eigenvalue weighted by Gasteiger charge is -1.83. The number of aliphatic hydroxyl groups is 1. The molecule has 0 spiro atoms. The molecule has 0 unspecified atom stereocenters. The molecule has 0 bridgehead atoms. The standard InChI is InChI=1S/C5H8N2O2/c6-5-7-4(1-2-8)3-9-5/h3,8H,1-2H2,(H2,6,7). The average Bonchev–Trinajstić information content (AvgIpc) is 2.17. The van der Waals surface area contributed by atoms with Crippen LogP contribution in [0.1, 0.15) is 5.69 Å². The van der Waals surface area contributed by atoms with Gasteiger partial charge in [0, 0.05) is 13.0 Å². The summed E-state index contributed by atoms with van der Waals surface area (Å²) in [4.78, 5) is 3.75. The Bertz CT molecular complexity index is 185. The summed E-state index contributed by atoms with van der Waals surface area (Å²) in [5.74, 6) is 0.